The van der Waals surface area contributed by atoms with Crippen molar-refractivity contribution in [1.82, 2.24) is 0 Å². The third-order valence-electron chi connectivity index (χ3n) is 1.08. The lowest BCUT2D eigenvalue weighted by molar-refractivity contribution is -0.166. The minimum atomic E-state index is -2.26. The molecule has 0 fully saturated rings. The van der Waals surface area contributed by atoms with Gasteiger partial charge in [-0.25, -0.2) is 9.18 Å². The number of aliphatic carboxylic acids is 1. The molecule has 5 heteroatoms. The van der Waals surface area contributed by atoms with Gasteiger partial charge < -0.3 is 14.6 Å². The molecule has 1 atom stereocenters. The van der Waals surface area contributed by atoms with Gasteiger partial charge in [-0.3, -0.25) is 0 Å². The molecule has 0 radical (unpaired) electrons. The summed E-state index contributed by atoms with van der Waals surface area (Å²) in [4.78, 5) is 9.95. The third kappa shape index (κ3) is 7.67. The Labute approximate surface area is 76.6 Å². The zero-order chi connectivity index (χ0) is 10.5. The Morgan fingerprint density at radius 2 is 2.00 bits per heavy atom. The topological polar surface area (TPSA) is 55.8 Å². The van der Waals surface area contributed by atoms with Crippen LogP contribution in [0.5, 0.6) is 0 Å². The highest BCUT2D eigenvalue weighted by molar-refractivity contribution is 5.70. The molecule has 0 spiro atoms. The van der Waals surface area contributed by atoms with Crippen molar-refractivity contribution in [1.29, 1.82) is 0 Å². The van der Waals surface area contributed by atoms with E-state index in [2.05, 4.69) is 4.74 Å². The highest BCUT2D eigenvalue weighted by Crippen LogP contribution is 2.06. The molecule has 1 N–H and O–H groups in total. The highest BCUT2D eigenvalue weighted by Gasteiger charge is 2.16. The van der Waals surface area contributed by atoms with Crippen LogP contribution in [0, 0.1) is 0 Å². The Bertz CT molecular complexity index is 164. The second-order valence-corrected chi connectivity index (χ2v) is 3.49. The number of carbonyl (C=O) groups is 1. The van der Waals surface area contributed by atoms with Gasteiger partial charge in [-0.1, -0.05) is 0 Å². The fourth-order valence-electron chi connectivity index (χ4n) is 0.571. The molecule has 0 aromatic heterocycles. The van der Waals surface area contributed by atoms with Crippen molar-refractivity contribution in [2.24, 2.45) is 0 Å². The van der Waals surface area contributed by atoms with E-state index in [9.17, 15) is 9.18 Å². The monoisotopic (exact) mass is 194 g/mol. The maximum atomic E-state index is 12.3. The molecule has 0 bridgehead atoms. The third-order valence-corrected chi connectivity index (χ3v) is 1.08. The molecule has 0 aliphatic heterocycles. The van der Waals surface area contributed by atoms with Gasteiger partial charge in [0, 0.05) is 0 Å². The molecule has 4 nitrogen and oxygen atoms in total. The van der Waals surface area contributed by atoms with Gasteiger partial charge in [-0.2, -0.15) is 0 Å². The maximum absolute atomic E-state index is 12.3. The molecule has 0 rings (SSSR count). The molecule has 0 aromatic carbocycles. The van der Waals surface area contributed by atoms with E-state index in [1.165, 1.54) is 0 Å². The summed E-state index contributed by atoms with van der Waals surface area (Å²) in [6.07, 6.45) is -2.26. The van der Waals surface area contributed by atoms with E-state index in [4.69, 9.17) is 9.84 Å². The lowest BCUT2D eigenvalue weighted by Crippen LogP contribution is -2.25. The average molecular weight is 194 g/mol. The maximum Gasteiger partial charge on any atom is 0.366 e. The molecule has 0 saturated heterocycles. The second-order valence-electron chi connectivity index (χ2n) is 3.49. The largest absolute Gasteiger partial charge is 0.477 e. The smallest absolute Gasteiger partial charge is 0.366 e. The normalized spacial score (nSPS) is 14.2. The molecule has 13 heavy (non-hydrogen) atoms. The molecular formula is C8H15FO4. The quantitative estimate of drug-likeness (QED) is 0.668. The SMILES string of the molecule is CC(C)(C)OCCOC(F)C(=O)O. The summed E-state index contributed by atoms with van der Waals surface area (Å²) in [5.41, 5.74) is -0.321. The molecule has 0 heterocycles. The molecule has 78 valence electrons. The van der Waals surface area contributed by atoms with Gasteiger partial charge >= 0.3 is 5.97 Å². The Morgan fingerprint density at radius 3 is 2.38 bits per heavy atom. The van der Waals surface area contributed by atoms with E-state index < -0.39 is 12.3 Å². The number of halogens is 1. The van der Waals surface area contributed by atoms with Crippen molar-refractivity contribution in [2.75, 3.05) is 13.2 Å². The summed E-state index contributed by atoms with van der Waals surface area (Å²) < 4.78 is 21.8. The zero-order valence-electron chi connectivity index (χ0n) is 8.04. The molecule has 0 aliphatic carbocycles. The van der Waals surface area contributed by atoms with Crippen LogP contribution >= 0.6 is 0 Å². The highest BCUT2D eigenvalue weighted by atomic mass is 19.1. The Hall–Kier alpha value is -0.680. The fourth-order valence-corrected chi connectivity index (χ4v) is 0.571. The number of hydrogen-bond donors (Lipinski definition) is 1. The molecule has 0 aliphatic rings. The fraction of sp³-hybridized carbons (Fsp3) is 0.875. The van der Waals surface area contributed by atoms with Gasteiger partial charge in [0.15, 0.2) is 0 Å². The van der Waals surface area contributed by atoms with Crippen molar-refractivity contribution in [3.63, 3.8) is 0 Å². The van der Waals surface area contributed by atoms with Crippen LogP contribution < -0.4 is 0 Å². The van der Waals surface area contributed by atoms with Crippen LogP contribution in [0.4, 0.5) is 4.39 Å². The summed E-state index contributed by atoms with van der Waals surface area (Å²) in [6.45, 7) is 5.65. The predicted molar refractivity (Wildman–Crippen MR) is 44.2 cm³/mol. The van der Waals surface area contributed by atoms with E-state index in [0.717, 1.165) is 0 Å². The molecule has 0 saturated carbocycles. The Kier molecular flexibility index (Phi) is 4.87. The summed E-state index contributed by atoms with van der Waals surface area (Å²) in [7, 11) is 0. The minimum absolute atomic E-state index is 0.0647. The van der Waals surface area contributed by atoms with Gasteiger partial charge in [0.25, 0.3) is 6.36 Å². The summed E-state index contributed by atoms with van der Waals surface area (Å²) in [6, 6.07) is 0. The number of carboxylic acids is 1. The van der Waals surface area contributed by atoms with E-state index >= 15 is 0 Å². The first kappa shape index (κ1) is 12.3. The van der Waals surface area contributed by atoms with E-state index in [1.54, 1.807) is 0 Å². The van der Waals surface area contributed by atoms with E-state index in [0.29, 0.717) is 0 Å². The standard InChI is InChI=1S/C8H15FO4/c1-8(2,3)13-5-4-12-6(9)7(10)11/h6H,4-5H2,1-3H3,(H,10,11). The molecule has 0 aromatic rings. The van der Waals surface area contributed by atoms with Crippen LogP contribution in [0.1, 0.15) is 20.8 Å². The van der Waals surface area contributed by atoms with Gasteiger partial charge in [0.2, 0.25) is 0 Å². The summed E-state index contributed by atoms with van der Waals surface area (Å²) >= 11 is 0. The molecular weight excluding hydrogens is 179 g/mol. The van der Waals surface area contributed by atoms with Crippen LogP contribution in [-0.2, 0) is 14.3 Å². The van der Waals surface area contributed by atoms with Gasteiger partial charge in [-0.15, -0.1) is 0 Å². The first-order valence-corrected chi connectivity index (χ1v) is 3.95. The van der Waals surface area contributed by atoms with Gasteiger partial charge in [0.05, 0.1) is 18.8 Å². The number of carboxylic acid groups (broad SMARTS) is 1. The van der Waals surface area contributed by atoms with Crippen LogP contribution in [0.25, 0.3) is 0 Å². The van der Waals surface area contributed by atoms with Crippen LogP contribution in [0.15, 0.2) is 0 Å². The Morgan fingerprint density at radius 1 is 1.46 bits per heavy atom. The van der Waals surface area contributed by atoms with Crippen LogP contribution in [0.2, 0.25) is 0 Å². The number of ether oxygens (including phenoxy) is 2. The van der Waals surface area contributed by atoms with Crippen molar-refractivity contribution in [3.8, 4) is 0 Å². The first-order valence-electron chi connectivity index (χ1n) is 3.95. The zero-order valence-corrected chi connectivity index (χ0v) is 8.04. The Balaban J connectivity index is 3.41. The number of hydrogen-bond acceptors (Lipinski definition) is 3. The summed E-state index contributed by atoms with van der Waals surface area (Å²) in [5, 5.41) is 8.10. The molecule has 0 amide bonds. The van der Waals surface area contributed by atoms with E-state index in [1.807, 2.05) is 20.8 Å². The molecule has 1 unspecified atom stereocenters. The van der Waals surface area contributed by atoms with Gasteiger partial charge in [-0.05, 0) is 20.8 Å². The van der Waals surface area contributed by atoms with E-state index in [-0.39, 0.29) is 18.8 Å². The average Bonchev–Trinajstić information content (AvgIpc) is 1.95. The minimum Gasteiger partial charge on any atom is -0.477 e. The number of rotatable bonds is 5. The first-order chi connectivity index (χ1) is 5.83. The van der Waals surface area contributed by atoms with Crippen molar-refractivity contribution in [2.45, 2.75) is 32.7 Å². The summed E-state index contributed by atoms with van der Waals surface area (Å²) in [5.74, 6) is -1.62. The van der Waals surface area contributed by atoms with Crippen molar-refractivity contribution < 1.29 is 23.8 Å². The van der Waals surface area contributed by atoms with Crippen molar-refractivity contribution >= 4 is 5.97 Å². The lowest BCUT2D eigenvalue weighted by atomic mass is 10.2. The number of alkyl halides is 1. The van der Waals surface area contributed by atoms with Crippen LogP contribution in [0.3, 0.4) is 0 Å². The lowest BCUT2D eigenvalue weighted by Gasteiger charge is -2.19. The van der Waals surface area contributed by atoms with Gasteiger partial charge in [0.1, 0.15) is 0 Å². The predicted octanol–water partition coefficient (Wildman–Crippen LogP) is 1.20. The van der Waals surface area contributed by atoms with Crippen LogP contribution in [-0.4, -0.2) is 36.2 Å². The van der Waals surface area contributed by atoms with Crippen molar-refractivity contribution in [3.05, 3.63) is 0 Å². The second kappa shape index (κ2) is 5.14.